The van der Waals surface area contributed by atoms with Crippen LogP contribution in [0.3, 0.4) is 0 Å². The maximum Gasteiger partial charge on any atom is 0.336 e. The second-order valence-electron chi connectivity index (χ2n) is 3.50. The molecule has 0 saturated heterocycles. The summed E-state index contributed by atoms with van der Waals surface area (Å²) in [6.45, 7) is 5.79. The summed E-state index contributed by atoms with van der Waals surface area (Å²) in [5, 5.41) is 9.02. The van der Waals surface area contributed by atoms with Crippen molar-refractivity contribution in [1.82, 2.24) is 0 Å². The Morgan fingerprint density at radius 3 is 2.81 bits per heavy atom. The summed E-state index contributed by atoms with van der Waals surface area (Å²) in [6.07, 6.45) is 0.899. The molecule has 0 aliphatic rings. The zero-order valence-electron chi connectivity index (χ0n) is 9.00. The number of halogens is 1. The van der Waals surface area contributed by atoms with Crippen LogP contribution in [0.1, 0.15) is 23.7 Å². The number of benzene rings is 1. The molecule has 0 heterocycles. The maximum atomic E-state index is 11.0. The summed E-state index contributed by atoms with van der Waals surface area (Å²) in [6, 6.07) is 5.20. The summed E-state index contributed by atoms with van der Waals surface area (Å²) in [5.41, 5.74) is 1.47. The normalized spacial score (nSPS) is 10.1. The quantitative estimate of drug-likeness (QED) is 0.654. The fourth-order valence-electron chi connectivity index (χ4n) is 1.13. The predicted molar refractivity (Wildman–Crippen MR) is 71.3 cm³/mol. The second kappa shape index (κ2) is 6.11. The number of hydrogen-bond acceptors (Lipinski definition) is 2. The van der Waals surface area contributed by atoms with Crippen LogP contribution in [-0.4, -0.2) is 16.8 Å². The zero-order chi connectivity index (χ0) is 12.1. The smallest absolute Gasteiger partial charge is 0.336 e. The summed E-state index contributed by atoms with van der Waals surface area (Å²) < 4.78 is 0.898. The third kappa shape index (κ3) is 4.02. The molecule has 0 amide bonds. The Kier molecular flexibility index (Phi) is 5.09. The molecule has 0 atom stereocenters. The summed E-state index contributed by atoms with van der Waals surface area (Å²) in [7, 11) is 0. The van der Waals surface area contributed by atoms with Gasteiger partial charge in [0.05, 0.1) is 5.56 Å². The molecule has 0 aliphatic heterocycles. The van der Waals surface area contributed by atoms with E-state index >= 15 is 0 Å². The van der Waals surface area contributed by atoms with Crippen LogP contribution in [0.15, 0.2) is 39.7 Å². The van der Waals surface area contributed by atoms with E-state index in [0.29, 0.717) is 5.56 Å². The molecule has 0 saturated carbocycles. The van der Waals surface area contributed by atoms with Gasteiger partial charge < -0.3 is 5.11 Å². The first-order valence-electron chi connectivity index (χ1n) is 4.80. The molecule has 4 heteroatoms. The fourth-order valence-corrected chi connectivity index (χ4v) is 2.83. The largest absolute Gasteiger partial charge is 0.478 e. The molecule has 86 valence electrons. The van der Waals surface area contributed by atoms with Crippen molar-refractivity contribution in [1.29, 1.82) is 0 Å². The van der Waals surface area contributed by atoms with Crippen molar-refractivity contribution >= 4 is 33.7 Å². The molecule has 0 bridgehead atoms. The van der Waals surface area contributed by atoms with Gasteiger partial charge in [0.15, 0.2) is 0 Å². The maximum absolute atomic E-state index is 11.0. The molecular weight excluding hydrogens is 288 g/mol. The molecule has 0 fully saturated rings. The van der Waals surface area contributed by atoms with Crippen molar-refractivity contribution in [3.05, 3.63) is 40.4 Å². The first-order chi connectivity index (χ1) is 7.50. The minimum atomic E-state index is -0.884. The Bertz CT molecular complexity index is 415. The number of carboxylic acids is 1. The highest BCUT2D eigenvalue weighted by atomic mass is 79.9. The van der Waals surface area contributed by atoms with Gasteiger partial charge in [-0.3, -0.25) is 0 Å². The van der Waals surface area contributed by atoms with E-state index in [2.05, 4.69) is 22.5 Å². The number of carboxylic acid groups (broad SMARTS) is 1. The van der Waals surface area contributed by atoms with Gasteiger partial charge in [-0.1, -0.05) is 21.5 Å². The Labute approximate surface area is 108 Å². The SMILES string of the molecule is C=C(C)CCSc1cc(Br)ccc1C(=O)O. The summed E-state index contributed by atoms with van der Waals surface area (Å²) in [4.78, 5) is 11.8. The minimum absolute atomic E-state index is 0.356. The Morgan fingerprint density at radius 1 is 1.56 bits per heavy atom. The molecule has 0 aromatic heterocycles. The van der Waals surface area contributed by atoms with E-state index in [4.69, 9.17) is 5.11 Å². The van der Waals surface area contributed by atoms with Crippen molar-refractivity contribution in [2.75, 3.05) is 5.75 Å². The monoisotopic (exact) mass is 300 g/mol. The molecule has 0 spiro atoms. The highest BCUT2D eigenvalue weighted by molar-refractivity contribution is 9.10. The van der Waals surface area contributed by atoms with Crippen molar-refractivity contribution in [3.63, 3.8) is 0 Å². The molecule has 2 nitrogen and oxygen atoms in total. The topological polar surface area (TPSA) is 37.3 Å². The third-order valence-electron chi connectivity index (χ3n) is 1.96. The van der Waals surface area contributed by atoms with E-state index in [1.165, 1.54) is 0 Å². The van der Waals surface area contributed by atoms with Crippen LogP contribution < -0.4 is 0 Å². The van der Waals surface area contributed by atoms with Crippen LogP contribution in [0.25, 0.3) is 0 Å². The lowest BCUT2D eigenvalue weighted by Gasteiger charge is -2.06. The fraction of sp³-hybridized carbons (Fsp3) is 0.250. The zero-order valence-corrected chi connectivity index (χ0v) is 11.4. The molecule has 0 aliphatic carbocycles. The highest BCUT2D eigenvalue weighted by Crippen LogP contribution is 2.27. The van der Waals surface area contributed by atoms with Gasteiger partial charge >= 0.3 is 5.97 Å². The average Bonchev–Trinajstić information content (AvgIpc) is 2.16. The second-order valence-corrected chi connectivity index (χ2v) is 5.55. The van der Waals surface area contributed by atoms with Gasteiger partial charge in [-0.2, -0.15) is 0 Å². The molecular formula is C12H13BrO2S. The van der Waals surface area contributed by atoms with Crippen molar-refractivity contribution < 1.29 is 9.90 Å². The van der Waals surface area contributed by atoms with E-state index in [9.17, 15) is 4.79 Å². The Balaban J connectivity index is 2.80. The van der Waals surface area contributed by atoms with Gasteiger partial charge in [0, 0.05) is 15.1 Å². The molecule has 1 rings (SSSR count). The number of rotatable bonds is 5. The summed E-state index contributed by atoms with van der Waals surface area (Å²) in [5.74, 6) is -0.0307. The van der Waals surface area contributed by atoms with Gasteiger partial charge in [-0.15, -0.1) is 18.3 Å². The molecule has 16 heavy (non-hydrogen) atoms. The van der Waals surface area contributed by atoms with Gasteiger partial charge in [-0.25, -0.2) is 4.79 Å². The lowest BCUT2D eigenvalue weighted by atomic mass is 10.2. The standard InChI is InChI=1S/C12H13BrO2S/c1-8(2)5-6-16-11-7-9(13)3-4-10(11)12(14)15/h3-4,7H,1,5-6H2,2H3,(H,14,15). The molecule has 0 unspecified atom stereocenters. The van der Waals surface area contributed by atoms with E-state index in [-0.39, 0.29) is 0 Å². The lowest BCUT2D eigenvalue weighted by molar-refractivity contribution is 0.0693. The van der Waals surface area contributed by atoms with Crippen molar-refractivity contribution in [3.8, 4) is 0 Å². The van der Waals surface area contributed by atoms with E-state index in [0.717, 1.165) is 27.1 Å². The molecule has 0 radical (unpaired) electrons. The van der Waals surface area contributed by atoms with Gasteiger partial charge in [0.1, 0.15) is 0 Å². The first-order valence-corrected chi connectivity index (χ1v) is 6.58. The third-order valence-corrected chi connectivity index (χ3v) is 3.51. The molecule has 1 N–H and O–H groups in total. The van der Waals surface area contributed by atoms with Gasteiger partial charge in [-0.05, 0) is 31.5 Å². The lowest BCUT2D eigenvalue weighted by Crippen LogP contribution is -1.99. The van der Waals surface area contributed by atoms with Crippen molar-refractivity contribution in [2.45, 2.75) is 18.2 Å². The van der Waals surface area contributed by atoms with Crippen LogP contribution in [0.2, 0.25) is 0 Å². The van der Waals surface area contributed by atoms with Crippen LogP contribution in [0.5, 0.6) is 0 Å². The number of allylic oxidation sites excluding steroid dienone is 1. The van der Waals surface area contributed by atoms with Gasteiger partial charge in [0.2, 0.25) is 0 Å². The van der Waals surface area contributed by atoms with Crippen LogP contribution >= 0.6 is 27.7 Å². The predicted octanol–water partition coefficient (Wildman–Crippen LogP) is 4.21. The minimum Gasteiger partial charge on any atom is -0.478 e. The molecule has 1 aromatic rings. The molecule has 1 aromatic carbocycles. The van der Waals surface area contributed by atoms with E-state index in [1.54, 1.807) is 23.9 Å². The van der Waals surface area contributed by atoms with E-state index in [1.807, 2.05) is 13.0 Å². The Morgan fingerprint density at radius 2 is 2.25 bits per heavy atom. The van der Waals surface area contributed by atoms with Crippen molar-refractivity contribution in [2.24, 2.45) is 0 Å². The number of carbonyl (C=O) groups is 1. The highest BCUT2D eigenvalue weighted by Gasteiger charge is 2.10. The Hall–Kier alpha value is -0.740. The van der Waals surface area contributed by atoms with Crippen LogP contribution in [-0.2, 0) is 0 Å². The number of hydrogen-bond donors (Lipinski definition) is 1. The van der Waals surface area contributed by atoms with Crippen LogP contribution in [0, 0.1) is 0 Å². The first kappa shape index (κ1) is 13.3. The number of aromatic carboxylic acids is 1. The summed E-state index contributed by atoms with van der Waals surface area (Å²) >= 11 is 4.89. The van der Waals surface area contributed by atoms with E-state index < -0.39 is 5.97 Å². The average molecular weight is 301 g/mol. The van der Waals surface area contributed by atoms with Crippen LogP contribution in [0.4, 0.5) is 0 Å². The van der Waals surface area contributed by atoms with Gasteiger partial charge in [0.25, 0.3) is 0 Å². The number of thioether (sulfide) groups is 1.